The molecule has 2 saturated carbocycles. The van der Waals surface area contributed by atoms with E-state index in [4.69, 9.17) is 0 Å². The van der Waals surface area contributed by atoms with Gasteiger partial charge in [0, 0.05) is 13.1 Å². The molecule has 5 aliphatic rings. The number of Topliss-reactive ketones (excluding diaryl/α,β-unsaturated/α-hetero) is 1. The monoisotopic (exact) mass is 190 g/mol. The summed E-state index contributed by atoms with van der Waals surface area (Å²) in [7, 11) is 0. The second kappa shape index (κ2) is 1.81. The van der Waals surface area contributed by atoms with Gasteiger partial charge >= 0.3 is 0 Å². The predicted molar refractivity (Wildman–Crippen MR) is 47.2 cm³/mol. The quantitative estimate of drug-likeness (QED) is 0.468. The van der Waals surface area contributed by atoms with Crippen molar-refractivity contribution in [1.29, 1.82) is 0 Å². The second-order valence-corrected chi connectivity index (χ2v) is 4.66. The largest absolute Gasteiger partial charge is 0.351 e. The molecule has 0 aromatic heterocycles. The SMILES string of the molecule is O=C=C1N2CCN(C3C(=O)C32)C12CC2. The van der Waals surface area contributed by atoms with Crippen molar-refractivity contribution in [3.05, 3.63) is 5.70 Å². The number of fused-ring (bicyclic) bond motifs is 1. The number of carbonyl (C=O) groups is 1. The van der Waals surface area contributed by atoms with Crippen LogP contribution >= 0.6 is 0 Å². The first-order valence-electron chi connectivity index (χ1n) is 5.12. The summed E-state index contributed by atoms with van der Waals surface area (Å²) in [6.07, 6.45) is 2.06. The van der Waals surface area contributed by atoms with Crippen LogP contribution in [0, 0.1) is 0 Å². The first-order valence-corrected chi connectivity index (χ1v) is 5.12. The van der Waals surface area contributed by atoms with Crippen LogP contribution in [-0.2, 0) is 9.59 Å². The lowest BCUT2D eigenvalue weighted by Gasteiger charge is -2.47. The first kappa shape index (κ1) is 7.21. The van der Waals surface area contributed by atoms with Crippen LogP contribution in [0.5, 0.6) is 0 Å². The zero-order valence-corrected chi connectivity index (χ0v) is 7.69. The smallest absolute Gasteiger partial charge is 0.176 e. The highest BCUT2D eigenvalue weighted by Crippen LogP contribution is 2.58. The average Bonchev–Trinajstić information content (AvgIpc) is 3.09. The summed E-state index contributed by atoms with van der Waals surface area (Å²) in [4.78, 5) is 26.7. The van der Waals surface area contributed by atoms with E-state index in [2.05, 4.69) is 10.8 Å². The van der Waals surface area contributed by atoms with Gasteiger partial charge in [0.1, 0.15) is 17.7 Å². The van der Waals surface area contributed by atoms with E-state index < -0.39 is 0 Å². The molecule has 3 unspecified atom stereocenters. The van der Waals surface area contributed by atoms with E-state index in [1.807, 2.05) is 4.90 Å². The maximum Gasteiger partial charge on any atom is 0.176 e. The van der Waals surface area contributed by atoms with Crippen molar-refractivity contribution in [3.63, 3.8) is 0 Å². The summed E-state index contributed by atoms with van der Waals surface area (Å²) in [6.45, 7) is 1.78. The van der Waals surface area contributed by atoms with Crippen LogP contribution in [0.3, 0.4) is 0 Å². The Morgan fingerprint density at radius 3 is 2.71 bits per heavy atom. The molecule has 0 radical (unpaired) electrons. The number of ketones is 1. The molecule has 14 heavy (non-hydrogen) atoms. The van der Waals surface area contributed by atoms with E-state index in [1.54, 1.807) is 0 Å². The van der Waals surface area contributed by atoms with Crippen LogP contribution in [-0.4, -0.2) is 52.2 Å². The highest BCUT2D eigenvalue weighted by atomic mass is 16.2. The molecule has 0 aromatic carbocycles. The zero-order valence-electron chi connectivity index (χ0n) is 7.69. The lowest BCUT2D eigenvalue weighted by atomic mass is 10.0. The van der Waals surface area contributed by atoms with Gasteiger partial charge in [-0.3, -0.25) is 9.69 Å². The van der Waals surface area contributed by atoms with E-state index in [-0.39, 0.29) is 17.6 Å². The minimum atomic E-state index is -0.0622. The molecule has 0 amide bonds. The Bertz CT molecular complexity index is 406. The van der Waals surface area contributed by atoms with Crippen molar-refractivity contribution < 1.29 is 9.59 Å². The zero-order chi connectivity index (χ0) is 9.50. The van der Waals surface area contributed by atoms with E-state index in [1.165, 1.54) is 0 Å². The molecule has 2 bridgehead atoms. The molecule has 5 rings (SSSR count). The normalized spacial score (nSPS) is 45.1. The van der Waals surface area contributed by atoms with Gasteiger partial charge in [0.2, 0.25) is 0 Å². The fourth-order valence-corrected chi connectivity index (χ4v) is 3.29. The number of hydrogen-bond acceptors (Lipinski definition) is 4. The summed E-state index contributed by atoms with van der Waals surface area (Å²) in [5, 5.41) is 0. The van der Waals surface area contributed by atoms with Crippen molar-refractivity contribution in [3.8, 4) is 0 Å². The minimum absolute atomic E-state index is 0.00595. The summed E-state index contributed by atoms with van der Waals surface area (Å²) in [6, 6.07) is 0.120. The molecule has 3 atom stereocenters. The lowest BCUT2D eigenvalue weighted by molar-refractivity contribution is -0.112. The molecule has 0 aromatic rings. The van der Waals surface area contributed by atoms with Gasteiger partial charge in [-0.2, -0.15) is 0 Å². The van der Waals surface area contributed by atoms with Crippen LogP contribution in [0.1, 0.15) is 12.8 Å². The van der Waals surface area contributed by atoms with Gasteiger partial charge in [0.25, 0.3) is 0 Å². The van der Waals surface area contributed by atoms with E-state index >= 15 is 0 Å². The lowest BCUT2D eigenvalue weighted by Crippen LogP contribution is -2.61. The van der Waals surface area contributed by atoms with Gasteiger partial charge in [-0.15, -0.1) is 0 Å². The third-order valence-electron chi connectivity index (χ3n) is 4.12. The molecule has 3 saturated heterocycles. The molecular formula is C10H10N2O2. The average molecular weight is 190 g/mol. The fraction of sp³-hybridized carbons (Fsp3) is 0.700. The summed E-state index contributed by atoms with van der Waals surface area (Å²) in [5.74, 6) is 2.37. The van der Waals surface area contributed by atoms with Crippen LogP contribution in [0.15, 0.2) is 5.70 Å². The molecule has 2 aliphatic carbocycles. The fourth-order valence-electron chi connectivity index (χ4n) is 3.29. The minimum Gasteiger partial charge on any atom is -0.351 e. The Hall–Kier alpha value is -1.12. The number of piperazine rings is 3. The Morgan fingerprint density at radius 1 is 1.29 bits per heavy atom. The topological polar surface area (TPSA) is 40.6 Å². The van der Waals surface area contributed by atoms with Crippen LogP contribution < -0.4 is 0 Å². The Balaban J connectivity index is 1.91. The van der Waals surface area contributed by atoms with Gasteiger partial charge in [-0.25, -0.2) is 4.79 Å². The predicted octanol–water partition coefficient (Wildman–Crippen LogP) is -0.814. The molecule has 0 N–H and O–H groups in total. The van der Waals surface area contributed by atoms with Crippen molar-refractivity contribution in [2.24, 2.45) is 0 Å². The summed E-state index contributed by atoms with van der Waals surface area (Å²) >= 11 is 0. The van der Waals surface area contributed by atoms with Gasteiger partial charge < -0.3 is 4.90 Å². The van der Waals surface area contributed by atoms with Crippen molar-refractivity contribution in [2.45, 2.75) is 30.5 Å². The van der Waals surface area contributed by atoms with Crippen LogP contribution in [0.4, 0.5) is 0 Å². The molecule has 4 heteroatoms. The van der Waals surface area contributed by atoms with Crippen LogP contribution in [0.25, 0.3) is 0 Å². The molecule has 1 spiro atoms. The Morgan fingerprint density at radius 2 is 2.07 bits per heavy atom. The maximum atomic E-state index is 11.5. The molecule has 3 heterocycles. The van der Waals surface area contributed by atoms with Crippen molar-refractivity contribution in [2.75, 3.05) is 13.1 Å². The third-order valence-corrected chi connectivity index (χ3v) is 4.12. The standard InChI is InChI=1S/C10H10N2O2/c13-5-6-10(1-2-10)12-4-3-11(6)7-8(12)9(7)14/h7-8H,1-4H2. The highest BCUT2D eigenvalue weighted by Gasteiger charge is 2.73. The van der Waals surface area contributed by atoms with Crippen molar-refractivity contribution in [1.82, 2.24) is 9.80 Å². The third kappa shape index (κ3) is 0.527. The molecular weight excluding hydrogens is 180 g/mol. The number of nitrogens with zero attached hydrogens (tertiary/aromatic N) is 2. The van der Waals surface area contributed by atoms with Crippen LogP contribution in [0.2, 0.25) is 0 Å². The van der Waals surface area contributed by atoms with E-state index in [9.17, 15) is 9.59 Å². The Kier molecular flexibility index (Phi) is 0.932. The highest BCUT2D eigenvalue weighted by molar-refractivity contribution is 6.08. The first-order chi connectivity index (χ1) is 6.79. The van der Waals surface area contributed by atoms with Gasteiger partial charge in [0.15, 0.2) is 5.78 Å². The van der Waals surface area contributed by atoms with Gasteiger partial charge in [0.05, 0.1) is 11.6 Å². The van der Waals surface area contributed by atoms with Gasteiger partial charge in [-0.1, -0.05) is 0 Å². The van der Waals surface area contributed by atoms with E-state index in [0.29, 0.717) is 5.78 Å². The van der Waals surface area contributed by atoms with Gasteiger partial charge in [-0.05, 0) is 12.8 Å². The van der Waals surface area contributed by atoms with E-state index in [0.717, 1.165) is 31.6 Å². The molecule has 3 aliphatic heterocycles. The number of hydrogen-bond donors (Lipinski definition) is 0. The Labute approximate surface area is 81.2 Å². The summed E-state index contributed by atoms with van der Waals surface area (Å²) in [5.41, 5.74) is 0.698. The maximum absolute atomic E-state index is 11.5. The molecule has 72 valence electrons. The second-order valence-electron chi connectivity index (χ2n) is 4.66. The molecule has 5 fully saturated rings. The number of rotatable bonds is 0. The number of carbonyl (C=O) groups excluding carboxylic acids is 2. The summed E-state index contributed by atoms with van der Waals surface area (Å²) < 4.78 is 0. The van der Waals surface area contributed by atoms with Crippen molar-refractivity contribution >= 4 is 11.7 Å². The molecule has 4 nitrogen and oxygen atoms in total.